The van der Waals surface area contributed by atoms with Gasteiger partial charge >= 0.3 is 5.97 Å². The van der Waals surface area contributed by atoms with Gasteiger partial charge in [-0.2, -0.15) is 0 Å². The van der Waals surface area contributed by atoms with Crippen LogP contribution < -0.4 is 19.1 Å². The van der Waals surface area contributed by atoms with E-state index in [2.05, 4.69) is 5.32 Å². The number of carbonyl (C=O) groups excluding carboxylic acids is 2. The molecule has 2 aromatic rings. The maximum Gasteiger partial charge on any atom is 0.344 e. The van der Waals surface area contributed by atoms with Crippen molar-refractivity contribution in [1.82, 2.24) is 0 Å². The quantitative estimate of drug-likeness (QED) is 0.583. The van der Waals surface area contributed by atoms with Gasteiger partial charge in [0.25, 0.3) is 0 Å². The van der Waals surface area contributed by atoms with Crippen molar-refractivity contribution >= 4 is 33.3 Å². The summed E-state index contributed by atoms with van der Waals surface area (Å²) in [5, 5.41) is 2.70. The van der Waals surface area contributed by atoms with Crippen LogP contribution in [0.25, 0.3) is 0 Å². The largest absolute Gasteiger partial charge is 0.497 e. The summed E-state index contributed by atoms with van der Waals surface area (Å²) in [5.41, 5.74) is 0.902. The zero-order valence-corrected chi connectivity index (χ0v) is 19.7. The summed E-state index contributed by atoms with van der Waals surface area (Å²) in [6.07, 6.45) is 0.740. The zero-order valence-electron chi connectivity index (χ0n) is 18.9. The number of nitrogens with one attached hydrogen (secondary N) is 1. The first-order valence-electron chi connectivity index (χ1n) is 10.6. The smallest absolute Gasteiger partial charge is 0.344 e. The first kappa shape index (κ1) is 24.4. The van der Waals surface area contributed by atoms with Crippen molar-refractivity contribution in [3.8, 4) is 11.5 Å². The van der Waals surface area contributed by atoms with E-state index in [9.17, 15) is 18.0 Å². The minimum absolute atomic E-state index is 0.203. The lowest BCUT2D eigenvalue weighted by Gasteiger charge is -2.39. The average molecular weight is 477 g/mol. The number of methoxy groups -OCH3 is 1. The summed E-state index contributed by atoms with van der Waals surface area (Å²) < 4.78 is 41.8. The molecule has 3 rings (SSSR count). The number of hydrogen-bond donors (Lipinski definition) is 1. The number of rotatable bonds is 8. The number of anilines is 2. The van der Waals surface area contributed by atoms with Gasteiger partial charge in [-0.25, -0.2) is 13.2 Å². The van der Waals surface area contributed by atoms with Crippen LogP contribution >= 0.6 is 0 Å². The van der Waals surface area contributed by atoms with Crippen LogP contribution in [0.5, 0.6) is 11.5 Å². The maximum atomic E-state index is 13.4. The fourth-order valence-electron chi connectivity index (χ4n) is 3.54. The van der Waals surface area contributed by atoms with Gasteiger partial charge in [0.2, 0.25) is 15.9 Å². The van der Waals surface area contributed by atoms with Gasteiger partial charge < -0.3 is 19.5 Å². The van der Waals surface area contributed by atoms with E-state index in [1.54, 1.807) is 55.5 Å². The molecule has 1 atom stereocenters. The van der Waals surface area contributed by atoms with Gasteiger partial charge in [-0.15, -0.1) is 0 Å². The summed E-state index contributed by atoms with van der Waals surface area (Å²) in [4.78, 5) is 24.5. The van der Waals surface area contributed by atoms with Crippen LogP contribution in [-0.2, 0) is 24.3 Å². The van der Waals surface area contributed by atoms with E-state index in [0.717, 1.165) is 0 Å². The molecule has 1 aliphatic rings. The molecule has 1 saturated heterocycles. The van der Waals surface area contributed by atoms with Crippen molar-refractivity contribution < 1.29 is 32.2 Å². The lowest BCUT2D eigenvalue weighted by atomic mass is 10.0. The lowest BCUT2D eigenvalue weighted by molar-refractivity contribution is -0.145. The molecule has 0 radical (unpaired) electrons. The van der Waals surface area contributed by atoms with Gasteiger partial charge in [0, 0.05) is 12.2 Å². The molecule has 33 heavy (non-hydrogen) atoms. The van der Waals surface area contributed by atoms with Crippen LogP contribution in [0.3, 0.4) is 0 Å². The van der Waals surface area contributed by atoms with Crippen LogP contribution in [0.2, 0.25) is 0 Å². The Kier molecular flexibility index (Phi) is 7.47. The van der Waals surface area contributed by atoms with Gasteiger partial charge in [-0.1, -0.05) is 0 Å². The number of esters is 1. The topological polar surface area (TPSA) is 111 Å². The summed E-state index contributed by atoms with van der Waals surface area (Å²) in [5.74, 6) is -0.0563. The predicted molar refractivity (Wildman–Crippen MR) is 124 cm³/mol. The monoisotopic (exact) mass is 476 g/mol. The molecule has 0 bridgehead atoms. The molecule has 0 spiro atoms. The predicted octanol–water partition coefficient (Wildman–Crippen LogP) is 2.96. The Morgan fingerprint density at radius 3 is 2.30 bits per heavy atom. The number of sulfonamides is 1. The Bertz CT molecular complexity index is 1080. The standard InChI is InChI=1S/C23H28N2O7S/c1-4-31-21(26)16-32-20-10-6-17(7-11-20)24-22(27)23(2)14-5-15-25(33(23,28)29)18-8-12-19(30-3)13-9-18/h6-13H,4-5,14-16H2,1-3H3,(H,24,27)/t23-/m1/s1. The second-order valence-corrected chi connectivity index (χ2v) is 9.97. The van der Waals surface area contributed by atoms with Crippen molar-refractivity contribution in [3.05, 3.63) is 48.5 Å². The fourth-order valence-corrected chi connectivity index (χ4v) is 5.48. The van der Waals surface area contributed by atoms with Crippen LogP contribution in [0.1, 0.15) is 26.7 Å². The van der Waals surface area contributed by atoms with Crippen molar-refractivity contribution in [2.24, 2.45) is 0 Å². The molecule has 0 aliphatic carbocycles. The minimum atomic E-state index is -3.98. The average Bonchev–Trinajstić information content (AvgIpc) is 2.80. The first-order valence-corrected chi connectivity index (χ1v) is 12.0. The van der Waals surface area contributed by atoms with Crippen molar-refractivity contribution in [2.75, 3.05) is 36.5 Å². The number of nitrogens with zero attached hydrogens (tertiary/aromatic N) is 1. The van der Waals surface area contributed by atoms with E-state index in [0.29, 0.717) is 35.8 Å². The number of hydrogen-bond acceptors (Lipinski definition) is 7. The molecule has 1 heterocycles. The van der Waals surface area contributed by atoms with E-state index in [4.69, 9.17) is 14.2 Å². The van der Waals surface area contributed by atoms with Gasteiger partial charge in [-0.3, -0.25) is 9.10 Å². The van der Waals surface area contributed by atoms with E-state index in [1.807, 2.05) is 0 Å². The third-order valence-corrected chi connectivity index (χ3v) is 7.99. The Morgan fingerprint density at radius 2 is 1.70 bits per heavy atom. The maximum absolute atomic E-state index is 13.4. The number of carbonyl (C=O) groups is 2. The van der Waals surface area contributed by atoms with Gasteiger partial charge in [0.15, 0.2) is 11.4 Å². The van der Waals surface area contributed by atoms with Crippen LogP contribution in [0.4, 0.5) is 11.4 Å². The summed E-state index contributed by atoms with van der Waals surface area (Å²) in [6, 6.07) is 13.0. The van der Waals surface area contributed by atoms with E-state index in [-0.39, 0.29) is 19.6 Å². The summed E-state index contributed by atoms with van der Waals surface area (Å²) >= 11 is 0. The molecule has 9 nitrogen and oxygen atoms in total. The molecule has 1 N–H and O–H groups in total. The Morgan fingerprint density at radius 1 is 1.06 bits per heavy atom. The first-order chi connectivity index (χ1) is 15.7. The molecule has 2 aromatic carbocycles. The molecule has 10 heteroatoms. The van der Waals surface area contributed by atoms with Crippen molar-refractivity contribution in [1.29, 1.82) is 0 Å². The van der Waals surface area contributed by atoms with Crippen LogP contribution in [0.15, 0.2) is 48.5 Å². The SMILES string of the molecule is CCOC(=O)COc1ccc(NC(=O)[C@@]2(C)CCCN(c3ccc(OC)cc3)S2(=O)=O)cc1. The highest BCUT2D eigenvalue weighted by molar-refractivity contribution is 7.95. The summed E-state index contributed by atoms with van der Waals surface area (Å²) in [6.45, 7) is 3.49. The van der Waals surface area contributed by atoms with Crippen molar-refractivity contribution in [3.63, 3.8) is 0 Å². The number of ether oxygens (including phenoxy) is 3. The highest BCUT2D eigenvalue weighted by atomic mass is 32.2. The van der Waals surface area contributed by atoms with Gasteiger partial charge in [0.05, 0.1) is 19.4 Å². The minimum Gasteiger partial charge on any atom is -0.497 e. The van der Waals surface area contributed by atoms with Crippen molar-refractivity contribution in [2.45, 2.75) is 31.4 Å². The van der Waals surface area contributed by atoms with Crippen LogP contribution in [0, 0.1) is 0 Å². The second-order valence-electron chi connectivity index (χ2n) is 7.68. The van der Waals surface area contributed by atoms with E-state index >= 15 is 0 Å². The molecular formula is C23H28N2O7S. The molecule has 0 aromatic heterocycles. The van der Waals surface area contributed by atoms with Gasteiger partial charge in [-0.05, 0) is 75.2 Å². The van der Waals surface area contributed by atoms with E-state index < -0.39 is 26.6 Å². The normalized spacial score (nSPS) is 19.4. The highest BCUT2D eigenvalue weighted by Gasteiger charge is 2.52. The lowest BCUT2D eigenvalue weighted by Crippen LogP contribution is -2.57. The summed E-state index contributed by atoms with van der Waals surface area (Å²) in [7, 11) is -2.45. The fraction of sp³-hybridized carbons (Fsp3) is 0.391. The molecule has 0 unspecified atom stereocenters. The molecule has 1 fully saturated rings. The molecule has 1 amide bonds. The van der Waals surface area contributed by atoms with Gasteiger partial charge in [0.1, 0.15) is 11.5 Å². The second kappa shape index (κ2) is 10.1. The highest BCUT2D eigenvalue weighted by Crippen LogP contribution is 2.36. The third-order valence-electron chi connectivity index (χ3n) is 5.49. The third kappa shape index (κ3) is 5.22. The number of benzene rings is 2. The molecule has 0 saturated carbocycles. The Labute approximate surface area is 193 Å². The van der Waals surface area contributed by atoms with E-state index in [1.165, 1.54) is 18.3 Å². The number of amides is 1. The Balaban J connectivity index is 1.72. The molecule has 178 valence electrons. The zero-order chi connectivity index (χ0) is 24.1. The Hall–Kier alpha value is -3.27. The molecule has 1 aliphatic heterocycles. The van der Waals surface area contributed by atoms with Crippen LogP contribution in [-0.4, -0.2) is 51.9 Å². The molecular weight excluding hydrogens is 448 g/mol.